The molecule has 0 bridgehead atoms. The SMILES string of the molecule is COc1cccc(CCC(=O)Nc2cc(Cl)ccc2Oc2ccc(C)cc2)c1OC. The fraction of sp³-hybridized carbons (Fsp3) is 0.208. The number of nitrogens with one attached hydrogen (secondary N) is 1. The summed E-state index contributed by atoms with van der Waals surface area (Å²) in [6, 6.07) is 18.4. The van der Waals surface area contributed by atoms with Crippen molar-refractivity contribution in [3.05, 3.63) is 76.8 Å². The van der Waals surface area contributed by atoms with E-state index in [-0.39, 0.29) is 12.3 Å². The molecule has 1 amide bonds. The molecule has 5 nitrogen and oxygen atoms in total. The number of methoxy groups -OCH3 is 2. The molecule has 0 unspecified atom stereocenters. The molecule has 0 aliphatic carbocycles. The fourth-order valence-corrected chi connectivity index (χ4v) is 3.21. The van der Waals surface area contributed by atoms with Crippen LogP contribution in [0.4, 0.5) is 5.69 Å². The highest BCUT2D eigenvalue weighted by Crippen LogP contribution is 2.33. The third kappa shape index (κ3) is 5.45. The van der Waals surface area contributed by atoms with Gasteiger partial charge in [0.05, 0.1) is 19.9 Å². The number of amides is 1. The first-order valence-corrected chi connectivity index (χ1v) is 9.91. The van der Waals surface area contributed by atoms with Crippen LogP contribution in [0, 0.1) is 6.92 Å². The first-order valence-electron chi connectivity index (χ1n) is 9.54. The van der Waals surface area contributed by atoms with Crippen LogP contribution >= 0.6 is 11.6 Å². The highest BCUT2D eigenvalue weighted by molar-refractivity contribution is 6.31. The van der Waals surface area contributed by atoms with E-state index in [0.717, 1.165) is 11.1 Å². The van der Waals surface area contributed by atoms with Crippen molar-refractivity contribution in [2.24, 2.45) is 0 Å². The zero-order chi connectivity index (χ0) is 21.5. The number of halogens is 1. The van der Waals surface area contributed by atoms with Gasteiger partial charge in [0.2, 0.25) is 5.91 Å². The van der Waals surface area contributed by atoms with E-state index in [2.05, 4.69) is 5.32 Å². The lowest BCUT2D eigenvalue weighted by Crippen LogP contribution is -2.13. The number of carbonyl (C=O) groups is 1. The van der Waals surface area contributed by atoms with Gasteiger partial charge in [0.25, 0.3) is 0 Å². The van der Waals surface area contributed by atoms with Crippen LogP contribution in [0.25, 0.3) is 0 Å². The quantitative estimate of drug-likeness (QED) is 0.478. The lowest BCUT2D eigenvalue weighted by atomic mass is 10.1. The summed E-state index contributed by atoms with van der Waals surface area (Å²) in [6.07, 6.45) is 0.765. The van der Waals surface area contributed by atoms with Gasteiger partial charge in [0.1, 0.15) is 5.75 Å². The van der Waals surface area contributed by atoms with E-state index in [1.54, 1.807) is 32.4 Å². The van der Waals surface area contributed by atoms with Gasteiger partial charge in [-0.3, -0.25) is 4.79 Å². The second kappa shape index (κ2) is 10.0. The zero-order valence-corrected chi connectivity index (χ0v) is 18.0. The second-order valence-electron chi connectivity index (χ2n) is 6.76. The number of hydrogen-bond donors (Lipinski definition) is 1. The molecule has 1 N–H and O–H groups in total. The molecule has 0 heterocycles. The Morgan fingerprint density at radius 2 is 1.73 bits per heavy atom. The van der Waals surface area contributed by atoms with Crippen LogP contribution in [0.1, 0.15) is 17.5 Å². The van der Waals surface area contributed by atoms with Crippen molar-refractivity contribution in [1.82, 2.24) is 0 Å². The smallest absolute Gasteiger partial charge is 0.224 e. The van der Waals surface area contributed by atoms with Gasteiger partial charge in [-0.05, 0) is 55.3 Å². The number of para-hydroxylation sites is 1. The third-order valence-electron chi connectivity index (χ3n) is 4.57. The maximum atomic E-state index is 12.6. The van der Waals surface area contributed by atoms with Crippen molar-refractivity contribution in [1.29, 1.82) is 0 Å². The van der Waals surface area contributed by atoms with Crippen molar-refractivity contribution in [2.75, 3.05) is 19.5 Å². The van der Waals surface area contributed by atoms with Crippen molar-refractivity contribution >= 4 is 23.2 Å². The molecule has 30 heavy (non-hydrogen) atoms. The van der Waals surface area contributed by atoms with Crippen LogP contribution in [-0.4, -0.2) is 20.1 Å². The minimum absolute atomic E-state index is 0.157. The van der Waals surface area contributed by atoms with E-state index in [1.165, 1.54) is 0 Å². The van der Waals surface area contributed by atoms with E-state index in [4.69, 9.17) is 25.8 Å². The molecule has 0 aromatic heterocycles. The summed E-state index contributed by atoms with van der Waals surface area (Å²) < 4.78 is 16.7. The highest BCUT2D eigenvalue weighted by atomic mass is 35.5. The first kappa shape index (κ1) is 21.5. The molecule has 0 aliphatic heterocycles. The van der Waals surface area contributed by atoms with Crippen LogP contribution in [-0.2, 0) is 11.2 Å². The van der Waals surface area contributed by atoms with Gasteiger partial charge in [0, 0.05) is 11.4 Å². The average Bonchev–Trinajstić information content (AvgIpc) is 2.75. The highest BCUT2D eigenvalue weighted by Gasteiger charge is 2.13. The predicted molar refractivity (Wildman–Crippen MR) is 119 cm³/mol. The van der Waals surface area contributed by atoms with Crippen molar-refractivity contribution in [3.63, 3.8) is 0 Å². The number of hydrogen-bond acceptors (Lipinski definition) is 4. The minimum atomic E-state index is -0.157. The molecule has 3 rings (SSSR count). The number of anilines is 1. The average molecular weight is 426 g/mol. The van der Waals surface area contributed by atoms with Crippen LogP contribution in [0.2, 0.25) is 5.02 Å². The Labute approximate surface area is 181 Å². The Kier molecular flexibility index (Phi) is 7.20. The van der Waals surface area contributed by atoms with Crippen molar-refractivity contribution in [2.45, 2.75) is 19.8 Å². The number of benzene rings is 3. The van der Waals surface area contributed by atoms with Gasteiger partial charge in [-0.1, -0.05) is 41.4 Å². The second-order valence-corrected chi connectivity index (χ2v) is 7.19. The number of aryl methyl sites for hydroxylation is 2. The summed E-state index contributed by atoms with van der Waals surface area (Å²) in [5.74, 6) is 2.32. The molecule has 3 aromatic rings. The van der Waals surface area contributed by atoms with Gasteiger partial charge in [-0.2, -0.15) is 0 Å². The molecule has 0 saturated heterocycles. The number of carbonyl (C=O) groups excluding carboxylic acids is 1. The Balaban J connectivity index is 1.71. The zero-order valence-electron chi connectivity index (χ0n) is 17.2. The Hall–Kier alpha value is -3.18. The molecule has 0 radical (unpaired) electrons. The molecule has 3 aromatic carbocycles. The summed E-state index contributed by atoms with van der Waals surface area (Å²) in [6.45, 7) is 2.01. The summed E-state index contributed by atoms with van der Waals surface area (Å²) in [5, 5.41) is 3.41. The van der Waals surface area contributed by atoms with Gasteiger partial charge in [-0.15, -0.1) is 0 Å². The van der Waals surface area contributed by atoms with Gasteiger partial charge in [0.15, 0.2) is 17.2 Å². The fourth-order valence-electron chi connectivity index (χ4n) is 3.03. The van der Waals surface area contributed by atoms with Crippen LogP contribution < -0.4 is 19.5 Å². The summed E-state index contributed by atoms with van der Waals surface area (Å²) in [4.78, 5) is 12.6. The summed E-state index contributed by atoms with van der Waals surface area (Å²) in [5.41, 5.74) is 2.56. The number of ether oxygens (including phenoxy) is 3. The normalized spacial score (nSPS) is 10.4. The van der Waals surface area contributed by atoms with Crippen LogP contribution in [0.15, 0.2) is 60.7 Å². The van der Waals surface area contributed by atoms with E-state index < -0.39 is 0 Å². The molecule has 0 spiro atoms. The largest absolute Gasteiger partial charge is 0.493 e. The minimum Gasteiger partial charge on any atom is -0.493 e. The molecule has 0 atom stereocenters. The van der Waals surface area contributed by atoms with Crippen LogP contribution in [0.5, 0.6) is 23.0 Å². The third-order valence-corrected chi connectivity index (χ3v) is 4.81. The van der Waals surface area contributed by atoms with Crippen molar-refractivity contribution in [3.8, 4) is 23.0 Å². The lowest BCUT2D eigenvalue weighted by Gasteiger charge is -2.14. The molecular formula is C24H24ClNO4. The Morgan fingerprint density at radius 1 is 0.967 bits per heavy atom. The van der Waals surface area contributed by atoms with Crippen LogP contribution in [0.3, 0.4) is 0 Å². The Bertz CT molecular complexity index is 1020. The van der Waals surface area contributed by atoms with Gasteiger partial charge < -0.3 is 19.5 Å². The van der Waals surface area contributed by atoms with Gasteiger partial charge in [-0.25, -0.2) is 0 Å². The maximum absolute atomic E-state index is 12.6. The van der Waals surface area contributed by atoms with E-state index in [9.17, 15) is 4.79 Å². The summed E-state index contributed by atoms with van der Waals surface area (Å²) >= 11 is 6.13. The van der Waals surface area contributed by atoms with Gasteiger partial charge >= 0.3 is 0 Å². The maximum Gasteiger partial charge on any atom is 0.224 e. The molecule has 0 aliphatic rings. The van der Waals surface area contributed by atoms with E-state index >= 15 is 0 Å². The van der Waals surface area contributed by atoms with E-state index in [0.29, 0.717) is 40.1 Å². The monoisotopic (exact) mass is 425 g/mol. The molecule has 6 heteroatoms. The standard InChI is InChI=1S/C24H24ClNO4/c1-16-7-11-19(12-8-16)30-21-13-10-18(25)15-20(21)26-23(27)14-9-17-5-4-6-22(28-2)24(17)29-3/h4-8,10-13,15H,9,14H2,1-3H3,(H,26,27). The molecule has 156 valence electrons. The number of rotatable bonds is 8. The van der Waals surface area contributed by atoms with Crippen molar-refractivity contribution < 1.29 is 19.0 Å². The van der Waals surface area contributed by atoms with E-state index in [1.807, 2.05) is 49.4 Å². The summed E-state index contributed by atoms with van der Waals surface area (Å²) in [7, 11) is 3.17. The first-order chi connectivity index (χ1) is 14.5. The predicted octanol–water partition coefficient (Wildman–Crippen LogP) is 6.03. The lowest BCUT2D eigenvalue weighted by molar-refractivity contribution is -0.116. The topological polar surface area (TPSA) is 56.8 Å². The Morgan fingerprint density at radius 3 is 2.43 bits per heavy atom. The molecule has 0 fully saturated rings. The molecule has 0 saturated carbocycles. The molecular weight excluding hydrogens is 402 g/mol.